The van der Waals surface area contributed by atoms with Crippen molar-refractivity contribution in [2.45, 2.75) is 18.4 Å². The minimum atomic E-state index is -3.35. The van der Waals surface area contributed by atoms with Gasteiger partial charge in [0.05, 0.1) is 22.9 Å². The number of carbonyl (C=O) groups is 1. The Labute approximate surface area is 175 Å². The number of sulfone groups is 1. The summed E-state index contributed by atoms with van der Waals surface area (Å²) >= 11 is 0. The molecule has 30 heavy (non-hydrogen) atoms. The van der Waals surface area contributed by atoms with Crippen molar-refractivity contribution in [2.75, 3.05) is 24.0 Å². The molecule has 0 saturated carbocycles. The first kappa shape index (κ1) is 21.4. The molecule has 156 valence electrons. The first-order valence-corrected chi connectivity index (χ1v) is 10.9. The summed E-state index contributed by atoms with van der Waals surface area (Å²) in [5, 5.41) is 5.86. The molecule has 0 bridgehead atoms. The highest BCUT2D eigenvalue weighted by Crippen LogP contribution is 2.31. The third-order valence-corrected chi connectivity index (χ3v) is 5.27. The van der Waals surface area contributed by atoms with Crippen molar-refractivity contribution in [3.8, 4) is 11.3 Å². The fourth-order valence-corrected chi connectivity index (χ4v) is 3.47. The molecule has 2 aromatic heterocycles. The second-order valence-electron chi connectivity index (χ2n) is 6.71. The zero-order valence-corrected chi connectivity index (χ0v) is 17.7. The Bertz CT molecular complexity index is 1160. The molecule has 0 aliphatic heterocycles. The van der Waals surface area contributed by atoms with E-state index in [0.29, 0.717) is 35.1 Å². The van der Waals surface area contributed by atoms with E-state index in [-0.39, 0.29) is 10.8 Å². The van der Waals surface area contributed by atoms with Crippen molar-refractivity contribution < 1.29 is 17.9 Å². The molecule has 0 fully saturated rings. The minimum Gasteiger partial charge on any atom is -0.380 e. The van der Waals surface area contributed by atoms with Crippen LogP contribution in [0.1, 0.15) is 12.5 Å². The van der Waals surface area contributed by atoms with Crippen molar-refractivity contribution in [1.82, 2.24) is 9.97 Å². The quantitative estimate of drug-likeness (QED) is 0.596. The third kappa shape index (κ3) is 5.40. The molecular weight excluding hydrogens is 404 g/mol. The number of hydrogen-bond acceptors (Lipinski definition) is 7. The van der Waals surface area contributed by atoms with Gasteiger partial charge in [0, 0.05) is 50.0 Å². The van der Waals surface area contributed by atoms with Crippen LogP contribution in [-0.4, -0.2) is 37.7 Å². The molecule has 0 aliphatic carbocycles. The van der Waals surface area contributed by atoms with E-state index in [1.807, 2.05) is 12.1 Å². The number of hydrogen-bond donors (Lipinski definition) is 2. The molecule has 3 aromatic rings. The van der Waals surface area contributed by atoms with Gasteiger partial charge in [-0.05, 0) is 29.8 Å². The summed E-state index contributed by atoms with van der Waals surface area (Å²) in [6.07, 6.45) is 4.48. The number of ether oxygens (including phenoxy) is 1. The van der Waals surface area contributed by atoms with Crippen molar-refractivity contribution in [3.63, 3.8) is 0 Å². The van der Waals surface area contributed by atoms with Crippen LogP contribution in [0.3, 0.4) is 0 Å². The molecule has 2 heterocycles. The van der Waals surface area contributed by atoms with Gasteiger partial charge in [0.15, 0.2) is 9.84 Å². The predicted octanol–water partition coefficient (Wildman–Crippen LogP) is 3.40. The van der Waals surface area contributed by atoms with Crippen LogP contribution in [0.25, 0.3) is 11.3 Å². The van der Waals surface area contributed by atoms with E-state index in [4.69, 9.17) is 4.74 Å². The topological polar surface area (TPSA) is 110 Å². The molecule has 0 unspecified atom stereocenters. The summed E-state index contributed by atoms with van der Waals surface area (Å²) in [5.41, 5.74) is 3.48. The lowest BCUT2D eigenvalue weighted by Crippen LogP contribution is -2.08. The highest BCUT2D eigenvalue weighted by atomic mass is 32.2. The van der Waals surface area contributed by atoms with E-state index in [9.17, 15) is 13.2 Å². The number of nitrogens with one attached hydrogen (secondary N) is 2. The lowest BCUT2D eigenvalue weighted by Gasteiger charge is -2.14. The number of nitrogens with zero attached hydrogens (tertiary/aromatic N) is 2. The summed E-state index contributed by atoms with van der Waals surface area (Å²) < 4.78 is 28.9. The summed E-state index contributed by atoms with van der Waals surface area (Å²) in [6, 6.07) is 11.9. The van der Waals surface area contributed by atoms with Crippen LogP contribution in [0, 0.1) is 0 Å². The van der Waals surface area contributed by atoms with Crippen LogP contribution >= 0.6 is 0 Å². The normalized spacial score (nSPS) is 11.2. The summed E-state index contributed by atoms with van der Waals surface area (Å²) in [6.45, 7) is 1.85. The Morgan fingerprint density at radius 3 is 2.53 bits per heavy atom. The molecule has 1 aromatic carbocycles. The van der Waals surface area contributed by atoms with Crippen LogP contribution in [0.15, 0.2) is 59.8 Å². The van der Waals surface area contributed by atoms with Gasteiger partial charge < -0.3 is 15.4 Å². The maximum Gasteiger partial charge on any atom is 0.222 e. The van der Waals surface area contributed by atoms with E-state index >= 15 is 0 Å². The zero-order chi connectivity index (χ0) is 21.7. The standard InChI is InChI=1S/C21H22N4O4S/c1-14(26)24-21-10-20(25-16-5-4-6-17(9-16)30(3,27)28)18(12-23-21)19-8-7-15(11-22-19)13-29-2/h4-12H,13H2,1-3H3,(H2,23,24,25,26). The number of benzene rings is 1. The largest absolute Gasteiger partial charge is 0.380 e. The Kier molecular flexibility index (Phi) is 6.43. The number of aromatic nitrogens is 2. The van der Waals surface area contributed by atoms with Gasteiger partial charge in [-0.1, -0.05) is 12.1 Å². The summed E-state index contributed by atoms with van der Waals surface area (Å²) in [4.78, 5) is 20.4. The molecule has 2 N–H and O–H groups in total. The van der Waals surface area contributed by atoms with Gasteiger partial charge in [-0.25, -0.2) is 13.4 Å². The van der Waals surface area contributed by atoms with Crippen molar-refractivity contribution in [3.05, 3.63) is 60.4 Å². The van der Waals surface area contributed by atoms with Crippen LogP contribution in [0.5, 0.6) is 0 Å². The van der Waals surface area contributed by atoms with Crippen LogP contribution in [0.4, 0.5) is 17.2 Å². The Hall–Kier alpha value is -3.30. The Morgan fingerprint density at radius 1 is 1.10 bits per heavy atom. The van der Waals surface area contributed by atoms with Gasteiger partial charge in [-0.15, -0.1) is 0 Å². The Balaban J connectivity index is 2.03. The molecule has 1 amide bonds. The molecule has 0 spiro atoms. The van der Waals surface area contributed by atoms with Crippen LogP contribution in [0.2, 0.25) is 0 Å². The maximum absolute atomic E-state index is 11.9. The second-order valence-corrected chi connectivity index (χ2v) is 8.72. The molecular formula is C21H22N4O4S. The monoisotopic (exact) mass is 426 g/mol. The van der Waals surface area contributed by atoms with Crippen LogP contribution < -0.4 is 10.6 Å². The van der Waals surface area contributed by atoms with Crippen molar-refractivity contribution in [1.29, 1.82) is 0 Å². The first-order valence-electron chi connectivity index (χ1n) is 9.05. The molecule has 0 radical (unpaired) electrons. The average molecular weight is 426 g/mol. The third-order valence-electron chi connectivity index (χ3n) is 4.16. The average Bonchev–Trinajstić information content (AvgIpc) is 2.68. The Morgan fingerprint density at radius 2 is 1.90 bits per heavy atom. The van der Waals surface area contributed by atoms with E-state index in [1.54, 1.807) is 43.8 Å². The summed E-state index contributed by atoms with van der Waals surface area (Å²) in [7, 11) is -1.73. The zero-order valence-electron chi connectivity index (χ0n) is 16.8. The number of anilines is 3. The lowest BCUT2D eigenvalue weighted by molar-refractivity contribution is -0.114. The molecule has 0 atom stereocenters. The van der Waals surface area contributed by atoms with E-state index in [1.165, 1.54) is 13.0 Å². The molecule has 0 aliphatic rings. The molecule has 9 heteroatoms. The number of methoxy groups -OCH3 is 1. The van der Waals surface area contributed by atoms with Gasteiger partial charge in [-0.3, -0.25) is 9.78 Å². The van der Waals surface area contributed by atoms with E-state index < -0.39 is 9.84 Å². The van der Waals surface area contributed by atoms with Gasteiger partial charge in [0.25, 0.3) is 0 Å². The second kappa shape index (κ2) is 9.02. The minimum absolute atomic E-state index is 0.201. The highest BCUT2D eigenvalue weighted by molar-refractivity contribution is 7.90. The smallest absolute Gasteiger partial charge is 0.222 e. The number of rotatable bonds is 7. The van der Waals surface area contributed by atoms with Gasteiger partial charge >= 0.3 is 0 Å². The molecule has 0 saturated heterocycles. The van der Waals surface area contributed by atoms with Gasteiger partial charge in [-0.2, -0.15) is 0 Å². The van der Waals surface area contributed by atoms with Crippen molar-refractivity contribution >= 4 is 32.9 Å². The van der Waals surface area contributed by atoms with Crippen molar-refractivity contribution in [2.24, 2.45) is 0 Å². The number of amides is 1. The molecule has 8 nitrogen and oxygen atoms in total. The predicted molar refractivity (Wildman–Crippen MR) is 115 cm³/mol. The molecule has 3 rings (SSSR count). The van der Waals surface area contributed by atoms with E-state index in [2.05, 4.69) is 20.6 Å². The SMILES string of the molecule is COCc1ccc(-c2cnc(NC(C)=O)cc2Nc2cccc(S(C)(=O)=O)c2)nc1. The fourth-order valence-electron chi connectivity index (χ4n) is 2.81. The summed E-state index contributed by atoms with van der Waals surface area (Å²) in [5.74, 6) is 0.117. The highest BCUT2D eigenvalue weighted by Gasteiger charge is 2.12. The first-order chi connectivity index (χ1) is 14.3. The maximum atomic E-state index is 11.9. The van der Waals surface area contributed by atoms with Gasteiger partial charge in [0.1, 0.15) is 5.82 Å². The number of carbonyl (C=O) groups excluding carboxylic acids is 1. The lowest BCUT2D eigenvalue weighted by atomic mass is 10.1. The van der Waals surface area contributed by atoms with Gasteiger partial charge in [0.2, 0.25) is 5.91 Å². The van der Waals surface area contributed by atoms with Crippen LogP contribution in [-0.2, 0) is 26.0 Å². The number of pyridine rings is 2. The fraction of sp³-hybridized carbons (Fsp3) is 0.190. The van der Waals surface area contributed by atoms with E-state index in [0.717, 1.165) is 11.8 Å².